The van der Waals surface area contributed by atoms with Crippen LogP contribution in [-0.2, 0) is 0 Å². The van der Waals surface area contributed by atoms with Crippen molar-refractivity contribution in [2.24, 2.45) is 0 Å². The van der Waals surface area contributed by atoms with Crippen molar-refractivity contribution >= 4 is 38.1 Å². The summed E-state index contributed by atoms with van der Waals surface area (Å²) < 4.78 is 2.46. The number of hydrogen-bond acceptors (Lipinski definition) is 0. The summed E-state index contributed by atoms with van der Waals surface area (Å²) in [6.07, 6.45) is 0. The number of fused-ring (bicyclic) bond motifs is 6. The fraction of sp³-hybridized carbons (Fsp3) is 0.0455. The summed E-state index contributed by atoms with van der Waals surface area (Å²) >= 11 is 0. The highest BCUT2D eigenvalue weighted by molar-refractivity contribution is 6.24. The van der Waals surface area contributed by atoms with Crippen LogP contribution in [0.25, 0.3) is 82.6 Å². The molecule has 0 atom stereocenters. The minimum absolute atomic E-state index is 1.22. The van der Waals surface area contributed by atoms with Crippen molar-refractivity contribution in [1.29, 1.82) is 0 Å². The fourth-order valence-electron chi connectivity index (χ4n) is 7.23. The number of nitrogens with zero attached hydrogens (tertiary/aromatic N) is 1. The molecule has 1 nitrogen and oxygen atoms in total. The standard InChI is InChI=1S/C44H31N/c1-28-14-20-42-38(22-28)40-23-29(2)24-41-39-27-37(19-21-43(39)45(42)44(40)41)36-13-7-12-35(26-36)34-11-6-10-33(25-34)32-17-15-31(16-18-32)30-8-4-3-5-9-30/h3-27H,1-2H3. The Morgan fingerprint density at radius 2 is 0.733 bits per heavy atom. The molecule has 0 radical (unpaired) electrons. The van der Waals surface area contributed by atoms with Gasteiger partial charge in [-0.25, -0.2) is 0 Å². The summed E-state index contributed by atoms with van der Waals surface area (Å²) in [5.74, 6) is 0. The van der Waals surface area contributed by atoms with Gasteiger partial charge in [-0.05, 0) is 112 Å². The third-order valence-electron chi connectivity index (χ3n) is 9.41. The van der Waals surface area contributed by atoms with Crippen LogP contribution >= 0.6 is 0 Å². The first-order chi connectivity index (χ1) is 22.1. The molecule has 0 saturated heterocycles. The molecule has 9 rings (SSSR count). The summed E-state index contributed by atoms with van der Waals surface area (Å²) in [5.41, 5.74) is 16.3. The van der Waals surface area contributed by atoms with Gasteiger partial charge in [-0.3, -0.25) is 0 Å². The van der Waals surface area contributed by atoms with E-state index in [0.29, 0.717) is 0 Å². The molecule has 0 saturated carbocycles. The highest BCUT2D eigenvalue weighted by Crippen LogP contribution is 2.41. The predicted octanol–water partition coefficient (Wildman–Crippen LogP) is 12.1. The van der Waals surface area contributed by atoms with Crippen molar-refractivity contribution < 1.29 is 0 Å². The lowest BCUT2D eigenvalue weighted by atomic mass is 9.95. The zero-order valence-electron chi connectivity index (χ0n) is 25.4. The molecule has 0 N–H and O–H groups in total. The van der Waals surface area contributed by atoms with E-state index in [1.165, 1.54) is 93.7 Å². The molecule has 0 amide bonds. The highest BCUT2D eigenvalue weighted by atomic mass is 14.9. The molecule has 0 fully saturated rings. The highest BCUT2D eigenvalue weighted by Gasteiger charge is 2.18. The van der Waals surface area contributed by atoms with Crippen molar-refractivity contribution in [3.8, 4) is 44.5 Å². The molecule has 0 aliphatic rings. The van der Waals surface area contributed by atoms with Gasteiger partial charge >= 0.3 is 0 Å². The maximum atomic E-state index is 2.46. The Hall–Kier alpha value is -5.66. The second-order valence-electron chi connectivity index (χ2n) is 12.4. The van der Waals surface area contributed by atoms with Gasteiger partial charge in [0.15, 0.2) is 0 Å². The second-order valence-corrected chi connectivity index (χ2v) is 12.4. The summed E-state index contributed by atoms with van der Waals surface area (Å²) in [6, 6.07) is 55.8. The zero-order valence-corrected chi connectivity index (χ0v) is 25.4. The Balaban J connectivity index is 1.11. The third-order valence-corrected chi connectivity index (χ3v) is 9.41. The topological polar surface area (TPSA) is 4.41 Å². The Morgan fingerprint density at radius 1 is 0.311 bits per heavy atom. The Labute approximate surface area is 263 Å². The Morgan fingerprint density at radius 3 is 1.36 bits per heavy atom. The molecule has 1 heteroatoms. The number of aromatic nitrogens is 1. The third kappa shape index (κ3) is 4.16. The summed E-state index contributed by atoms with van der Waals surface area (Å²) in [6.45, 7) is 4.39. The fourth-order valence-corrected chi connectivity index (χ4v) is 7.23. The van der Waals surface area contributed by atoms with E-state index in [9.17, 15) is 0 Å². The summed E-state index contributed by atoms with van der Waals surface area (Å²) in [5, 5.41) is 5.33. The molecular weight excluding hydrogens is 542 g/mol. The van der Waals surface area contributed by atoms with Crippen molar-refractivity contribution in [2.45, 2.75) is 13.8 Å². The van der Waals surface area contributed by atoms with Crippen LogP contribution in [-0.4, -0.2) is 4.40 Å². The molecule has 2 heterocycles. The van der Waals surface area contributed by atoms with Gasteiger partial charge in [0, 0.05) is 21.5 Å². The molecule has 9 aromatic rings. The lowest BCUT2D eigenvalue weighted by Crippen LogP contribution is -1.85. The molecular formula is C44H31N. The molecule has 0 aliphatic heterocycles. The van der Waals surface area contributed by atoms with Gasteiger partial charge in [-0.15, -0.1) is 0 Å². The smallest absolute Gasteiger partial charge is 0.0620 e. The maximum absolute atomic E-state index is 2.46. The van der Waals surface area contributed by atoms with Gasteiger partial charge in [-0.2, -0.15) is 0 Å². The van der Waals surface area contributed by atoms with Crippen molar-refractivity contribution in [2.75, 3.05) is 0 Å². The minimum atomic E-state index is 1.22. The normalized spacial score (nSPS) is 11.8. The molecule has 45 heavy (non-hydrogen) atoms. The van der Waals surface area contributed by atoms with Crippen LogP contribution in [0.15, 0.2) is 152 Å². The maximum Gasteiger partial charge on any atom is 0.0620 e. The van der Waals surface area contributed by atoms with Gasteiger partial charge < -0.3 is 4.40 Å². The first-order valence-electron chi connectivity index (χ1n) is 15.7. The van der Waals surface area contributed by atoms with Crippen molar-refractivity contribution in [1.82, 2.24) is 4.40 Å². The number of hydrogen-bond donors (Lipinski definition) is 0. The van der Waals surface area contributed by atoms with Gasteiger partial charge in [-0.1, -0.05) is 109 Å². The van der Waals surface area contributed by atoms with Crippen molar-refractivity contribution in [3.63, 3.8) is 0 Å². The predicted molar refractivity (Wildman–Crippen MR) is 192 cm³/mol. The first kappa shape index (κ1) is 25.8. The van der Waals surface area contributed by atoms with Crippen LogP contribution in [0.2, 0.25) is 0 Å². The van der Waals surface area contributed by atoms with Gasteiger partial charge in [0.05, 0.1) is 16.6 Å². The monoisotopic (exact) mass is 573 g/mol. The largest absolute Gasteiger partial charge is 0.308 e. The molecule has 0 unspecified atom stereocenters. The Kier molecular flexibility index (Phi) is 5.70. The van der Waals surface area contributed by atoms with E-state index < -0.39 is 0 Å². The average molecular weight is 574 g/mol. The first-order valence-corrected chi connectivity index (χ1v) is 15.7. The lowest BCUT2D eigenvalue weighted by Gasteiger charge is -2.10. The summed E-state index contributed by atoms with van der Waals surface area (Å²) in [7, 11) is 0. The van der Waals surface area contributed by atoms with E-state index in [4.69, 9.17) is 0 Å². The van der Waals surface area contributed by atoms with E-state index >= 15 is 0 Å². The van der Waals surface area contributed by atoms with Gasteiger partial charge in [0.25, 0.3) is 0 Å². The van der Waals surface area contributed by atoms with E-state index in [1.54, 1.807) is 0 Å². The molecule has 0 spiro atoms. The number of aryl methyl sites for hydroxylation is 2. The average Bonchev–Trinajstić information content (AvgIpc) is 3.59. The van der Waals surface area contributed by atoms with E-state index in [0.717, 1.165) is 0 Å². The van der Waals surface area contributed by atoms with E-state index in [2.05, 4.69) is 170 Å². The SMILES string of the molecule is Cc1ccc2c(c1)c1cc(C)cc3c4cc(-c5cccc(-c6cccc(-c7ccc(-c8ccccc8)cc7)c6)c5)ccc4n2c13. The van der Waals surface area contributed by atoms with E-state index in [1.807, 2.05) is 0 Å². The van der Waals surface area contributed by atoms with Gasteiger partial charge in [0.2, 0.25) is 0 Å². The quantitative estimate of drug-likeness (QED) is 0.197. The molecule has 212 valence electrons. The van der Waals surface area contributed by atoms with Crippen LogP contribution in [0.4, 0.5) is 0 Å². The minimum Gasteiger partial charge on any atom is -0.308 e. The lowest BCUT2D eigenvalue weighted by molar-refractivity contribution is 1.36. The van der Waals surface area contributed by atoms with Crippen LogP contribution < -0.4 is 0 Å². The van der Waals surface area contributed by atoms with Crippen LogP contribution in [0.5, 0.6) is 0 Å². The molecule has 0 bridgehead atoms. The Bertz CT molecular complexity index is 2530. The van der Waals surface area contributed by atoms with Crippen LogP contribution in [0.3, 0.4) is 0 Å². The molecule has 2 aromatic heterocycles. The summed E-state index contributed by atoms with van der Waals surface area (Å²) in [4.78, 5) is 0. The van der Waals surface area contributed by atoms with E-state index in [-0.39, 0.29) is 0 Å². The number of rotatable bonds is 4. The van der Waals surface area contributed by atoms with Gasteiger partial charge in [0.1, 0.15) is 0 Å². The van der Waals surface area contributed by atoms with Crippen LogP contribution in [0, 0.1) is 13.8 Å². The molecule has 0 aliphatic carbocycles. The molecule has 7 aromatic carbocycles. The van der Waals surface area contributed by atoms with Crippen LogP contribution in [0.1, 0.15) is 11.1 Å². The second kappa shape index (κ2) is 9.94. The number of benzene rings is 7. The zero-order chi connectivity index (χ0) is 30.1. The van der Waals surface area contributed by atoms with Crippen molar-refractivity contribution in [3.05, 3.63) is 163 Å².